The molecule has 3 aliphatic rings. The monoisotopic (exact) mass is 688 g/mol. The maximum Gasteiger partial charge on any atom is 0.282 e. The fraction of sp³-hybridized carbons (Fsp3) is 0.444. The molecule has 1 aliphatic carbocycles. The van der Waals surface area contributed by atoms with Crippen molar-refractivity contribution in [1.29, 1.82) is 0 Å². The van der Waals surface area contributed by atoms with Gasteiger partial charge in [0.1, 0.15) is 11.6 Å². The normalized spacial score (nSPS) is 20.9. The molecule has 0 bridgehead atoms. The van der Waals surface area contributed by atoms with Crippen LogP contribution in [0.1, 0.15) is 71.7 Å². The number of Topliss-reactive ketones (excluding diaryl/α,β-unsaturated/α-hetero) is 2. The molecule has 1 saturated carbocycles. The van der Waals surface area contributed by atoms with Crippen LogP contribution in [0.2, 0.25) is 0 Å². The van der Waals surface area contributed by atoms with E-state index in [1.165, 1.54) is 12.4 Å². The summed E-state index contributed by atoms with van der Waals surface area (Å²) in [5.74, 6) is -5.17. The zero-order chi connectivity index (χ0) is 34.9. The molecule has 2 saturated heterocycles. The number of hydrogen-bond donors (Lipinski definition) is 0. The molecule has 7 rings (SSSR count). The SMILES string of the molecule is O=C(Cc1cc(N2CC(F)(F)C2)ccn1)Cc1ccc([C@H]2CCC[C@H](c3ccc(CC(=O)Cc4cc(N5CC(F)(F)C5)ccn4)nn3)C2)nn1. The van der Waals surface area contributed by atoms with E-state index in [0.717, 1.165) is 37.1 Å². The predicted molar refractivity (Wildman–Crippen MR) is 176 cm³/mol. The third-order valence-corrected chi connectivity index (χ3v) is 9.52. The van der Waals surface area contributed by atoms with Crippen molar-refractivity contribution in [2.75, 3.05) is 36.0 Å². The number of carbonyl (C=O) groups is 2. The second kappa shape index (κ2) is 13.8. The average Bonchev–Trinajstić information content (AvgIpc) is 3.07. The zero-order valence-corrected chi connectivity index (χ0v) is 27.3. The number of hydrogen-bond acceptors (Lipinski definition) is 10. The van der Waals surface area contributed by atoms with E-state index in [-0.39, 0.29) is 75.3 Å². The highest BCUT2D eigenvalue weighted by molar-refractivity contribution is 5.83. The van der Waals surface area contributed by atoms with Gasteiger partial charge >= 0.3 is 0 Å². The molecule has 10 nitrogen and oxygen atoms in total. The van der Waals surface area contributed by atoms with Crippen LogP contribution in [0, 0.1) is 0 Å². The molecule has 260 valence electrons. The quantitative estimate of drug-likeness (QED) is 0.186. The van der Waals surface area contributed by atoms with Crippen molar-refractivity contribution in [3.8, 4) is 0 Å². The van der Waals surface area contributed by atoms with Crippen LogP contribution >= 0.6 is 0 Å². The standard InChI is InChI=1S/C36H36F4N8O2/c37-35(38)19-47(20-35)29-8-10-41-27(13-29)17-31(49)15-25-4-6-33(45-43-25)23-2-1-3-24(12-23)34-7-5-26(44-46-34)16-32(50)18-28-14-30(9-11-42-28)48-21-36(39,40)22-48/h4-11,13-14,23-24H,1-3,12,15-22H2/t23-,24-/m0/s1. The predicted octanol–water partition coefficient (Wildman–Crippen LogP) is 5.12. The van der Waals surface area contributed by atoms with Gasteiger partial charge in [-0.1, -0.05) is 6.42 Å². The lowest BCUT2D eigenvalue weighted by molar-refractivity contribution is -0.118. The van der Waals surface area contributed by atoms with Crippen molar-refractivity contribution < 1.29 is 27.2 Å². The molecule has 4 aromatic rings. The van der Waals surface area contributed by atoms with E-state index in [1.54, 1.807) is 34.1 Å². The molecule has 6 heterocycles. The first-order valence-corrected chi connectivity index (χ1v) is 16.8. The number of halogens is 4. The second-order valence-electron chi connectivity index (χ2n) is 13.7. The molecule has 0 amide bonds. The van der Waals surface area contributed by atoms with E-state index in [0.29, 0.717) is 34.2 Å². The second-order valence-corrected chi connectivity index (χ2v) is 13.7. The number of rotatable bonds is 12. The van der Waals surface area contributed by atoms with Crippen molar-refractivity contribution >= 4 is 22.9 Å². The zero-order valence-electron chi connectivity index (χ0n) is 27.3. The Hall–Kier alpha value is -4.88. The molecular weight excluding hydrogens is 652 g/mol. The minimum absolute atomic E-state index is 0.0788. The summed E-state index contributed by atoms with van der Waals surface area (Å²) >= 11 is 0. The highest BCUT2D eigenvalue weighted by atomic mass is 19.3. The van der Waals surface area contributed by atoms with Crippen LogP contribution in [0.3, 0.4) is 0 Å². The Labute approximate surface area is 286 Å². The Morgan fingerprint density at radius 1 is 0.600 bits per heavy atom. The van der Waals surface area contributed by atoms with Crippen LogP contribution in [0.5, 0.6) is 0 Å². The van der Waals surface area contributed by atoms with Gasteiger partial charge in [0.15, 0.2) is 0 Å². The largest absolute Gasteiger partial charge is 0.359 e. The topological polar surface area (TPSA) is 118 Å². The first-order valence-electron chi connectivity index (χ1n) is 16.8. The summed E-state index contributed by atoms with van der Waals surface area (Å²) in [5.41, 5.74) is 5.17. The van der Waals surface area contributed by atoms with Gasteiger partial charge in [0.2, 0.25) is 0 Å². The molecule has 0 N–H and O–H groups in total. The molecule has 0 aromatic carbocycles. The third-order valence-electron chi connectivity index (χ3n) is 9.52. The molecule has 0 spiro atoms. The molecule has 0 radical (unpaired) electrons. The Kier molecular flexibility index (Phi) is 9.27. The van der Waals surface area contributed by atoms with E-state index in [1.807, 2.05) is 24.3 Å². The van der Waals surface area contributed by atoms with Crippen LogP contribution in [-0.2, 0) is 35.3 Å². The summed E-state index contributed by atoms with van der Waals surface area (Å²) in [7, 11) is 0. The first-order chi connectivity index (χ1) is 24.0. The van der Waals surface area contributed by atoms with Crippen molar-refractivity contribution in [3.05, 3.63) is 95.1 Å². The van der Waals surface area contributed by atoms with Crippen molar-refractivity contribution in [1.82, 2.24) is 30.4 Å². The Morgan fingerprint density at radius 2 is 1.02 bits per heavy atom. The number of anilines is 2. The van der Waals surface area contributed by atoms with Gasteiger partial charge in [-0.25, -0.2) is 17.6 Å². The lowest BCUT2D eigenvalue weighted by Crippen LogP contribution is -2.56. The maximum atomic E-state index is 13.3. The minimum Gasteiger partial charge on any atom is -0.359 e. The van der Waals surface area contributed by atoms with Gasteiger partial charge in [-0.15, -0.1) is 0 Å². The van der Waals surface area contributed by atoms with Crippen LogP contribution in [-0.4, -0.2) is 80.0 Å². The molecule has 2 aliphatic heterocycles. The fourth-order valence-corrected chi connectivity index (χ4v) is 6.93. The lowest BCUT2D eigenvalue weighted by atomic mass is 9.78. The molecule has 3 fully saturated rings. The van der Waals surface area contributed by atoms with E-state index in [2.05, 4.69) is 30.4 Å². The van der Waals surface area contributed by atoms with Crippen LogP contribution in [0.25, 0.3) is 0 Å². The van der Waals surface area contributed by atoms with Crippen LogP contribution in [0.15, 0.2) is 60.9 Å². The summed E-state index contributed by atoms with van der Waals surface area (Å²) in [6.07, 6.45) is 7.17. The Balaban J connectivity index is 0.887. The van der Waals surface area contributed by atoms with Gasteiger partial charge in [-0.05, 0) is 67.8 Å². The number of alkyl halides is 4. The molecule has 14 heteroatoms. The Bertz CT molecular complexity index is 1710. The van der Waals surface area contributed by atoms with Gasteiger partial charge in [0.25, 0.3) is 11.8 Å². The highest BCUT2D eigenvalue weighted by Gasteiger charge is 2.44. The summed E-state index contributed by atoms with van der Waals surface area (Å²) < 4.78 is 53.0. The van der Waals surface area contributed by atoms with E-state index in [9.17, 15) is 27.2 Å². The molecule has 4 aromatic heterocycles. The smallest absolute Gasteiger partial charge is 0.282 e. The average molecular weight is 689 g/mol. The van der Waals surface area contributed by atoms with Gasteiger partial charge in [0, 0.05) is 59.8 Å². The molecular formula is C36H36F4N8O2. The molecule has 0 unspecified atom stereocenters. The van der Waals surface area contributed by atoms with Crippen LogP contribution < -0.4 is 9.80 Å². The summed E-state index contributed by atoms with van der Waals surface area (Å²) in [5, 5.41) is 17.6. The summed E-state index contributed by atoms with van der Waals surface area (Å²) in [6, 6.07) is 14.2. The third kappa shape index (κ3) is 8.11. The highest BCUT2D eigenvalue weighted by Crippen LogP contribution is 2.40. The van der Waals surface area contributed by atoms with E-state index < -0.39 is 11.8 Å². The van der Waals surface area contributed by atoms with Gasteiger partial charge < -0.3 is 9.80 Å². The van der Waals surface area contributed by atoms with Gasteiger partial charge in [-0.2, -0.15) is 20.4 Å². The summed E-state index contributed by atoms with van der Waals surface area (Å²) in [4.78, 5) is 37.1. The lowest BCUT2D eigenvalue weighted by Gasteiger charge is -2.40. The van der Waals surface area contributed by atoms with Gasteiger partial charge in [0.05, 0.1) is 61.8 Å². The van der Waals surface area contributed by atoms with Gasteiger partial charge in [-0.3, -0.25) is 19.6 Å². The number of carbonyl (C=O) groups excluding carboxylic acids is 2. The first kappa shape index (κ1) is 33.6. The van der Waals surface area contributed by atoms with Crippen molar-refractivity contribution in [2.45, 2.75) is 75.0 Å². The van der Waals surface area contributed by atoms with Crippen LogP contribution in [0.4, 0.5) is 28.9 Å². The summed E-state index contributed by atoms with van der Waals surface area (Å²) in [6.45, 7) is -1.32. The van der Waals surface area contributed by atoms with Crippen molar-refractivity contribution in [3.63, 3.8) is 0 Å². The molecule has 50 heavy (non-hydrogen) atoms. The maximum absolute atomic E-state index is 13.3. The fourth-order valence-electron chi connectivity index (χ4n) is 6.93. The number of nitrogens with zero attached hydrogens (tertiary/aromatic N) is 8. The minimum atomic E-state index is -2.68. The van der Waals surface area contributed by atoms with E-state index >= 15 is 0 Å². The van der Waals surface area contributed by atoms with Crippen molar-refractivity contribution in [2.24, 2.45) is 0 Å². The number of pyridine rings is 2. The van der Waals surface area contributed by atoms with E-state index in [4.69, 9.17) is 0 Å². The molecule has 2 atom stereocenters. The number of aromatic nitrogens is 6. The Morgan fingerprint density at radius 3 is 1.40 bits per heavy atom. The number of ketones is 2.